The van der Waals surface area contributed by atoms with Crippen LogP contribution in [0, 0.1) is 17.2 Å². The van der Waals surface area contributed by atoms with Crippen LogP contribution in [0.5, 0.6) is 0 Å². The first-order valence-corrected chi connectivity index (χ1v) is 6.85. The van der Waals surface area contributed by atoms with Crippen molar-refractivity contribution in [1.29, 1.82) is 5.26 Å². The summed E-state index contributed by atoms with van der Waals surface area (Å²) in [7, 11) is 0. The highest BCUT2D eigenvalue weighted by Gasteiger charge is 2.25. The van der Waals surface area contributed by atoms with Crippen LogP contribution in [0.2, 0.25) is 0 Å². The predicted molar refractivity (Wildman–Crippen MR) is 73.1 cm³/mol. The second-order valence-electron chi connectivity index (χ2n) is 5.01. The highest BCUT2D eigenvalue weighted by atomic mass is 16.4. The molecule has 1 unspecified atom stereocenters. The number of carboxylic acid groups (broad SMARTS) is 1. The van der Waals surface area contributed by atoms with Gasteiger partial charge < -0.3 is 14.9 Å². The fourth-order valence-electron chi connectivity index (χ4n) is 2.20. The van der Waals surface area contributed by atoms with Crippen molar-refractivity contribution in [2.24, 2.45) is 5.92 Å². The van der Waals surface area contributed by atoms with Crippen LogP contribution in [0.3, 0.4) is 0 Å². The number of piperazine rings is 1. The van der Waals surface area contributed by atoms with Crippen molar-refractivity contribution in [3.05, 3.63) is 0 Å². The second-order valence-corrected chi connectivity index (χ2v) is 5.01. The Labute approximate surface area is 119 Å². The van der Waals surface area contributed by atoms with Crippen LogP contribution in [0.25, 0.3) is 0 Å². The molecular weight excluding hydrogens is 260 g/mol. The maximum absolute atomic E-state index is 12.3. The Balaban J connectivity index is 2.48. The number of aliphatic carboxylic acids is 1. The van der Waals surface area contributed by atoms with E-state index in [1.165, 1.54) is 0 Å². The molecule has 0 aromatic heterocycles. The lowest BCUT2D eigenvalue weighted by Gasteiger charge is -2.37. The van der Waals surface area contributed by atoms with Crippen LogP contribution in [-0.4, -0.2) is 77.6 Å². The number of amides is 2. The van der Waals surface area contributed by atoms with Gasteiger partial charge in [-0.15, -0.1) is 0 Å². The molecule has 1 rings (SSSR count). The average Bonchev–Trinajstić information content (AvgIpc) is 2.44. The Morgan fingerprint density at radius 3 is 2.40 bits per heavy atom. The zero-order chi connectivity index (χ0) is 15.1. The smallest absolute Gasteiger partial charge is 0.320 e. The second kappa shape index (κ2) is 7.70. The maximum Gasteiger partial charge on any atom is 0.320 e. The first-order valence-electron chi connectivity index (χ1n) is 6.85. The summed E-state index contributed by atoms with van der Waals surface area (Å²) in [6.07, 6.45) is 0. The molecule has 1 heterocycles. The number of rotatable bonds is 5. The van der Waals surface area contributed by atoms with Gasteiger partial charge in [0.25, 0.3) is 0 Å². The topological polar surface area (TPSA) is 87.9 Å². The minimum Gasteiger partial charge on any atom is -0.480 e. The number of urea groups is 1. The Morgan fingerprint density at radius 1 is 1.35 bits per heavy atom. The molecule has 1 fully saturated rings. The first kappa shape index (κ1) is 16.2. The van der Waals surface area contributed by atoms with E-state index in [-0.39, 0.29) is 18.5 Å². The molecule has 0 radical (unpaired) electrons. The molecule has 7 nitrogen and oxygen atoms in total. The van der Waals surface area contributed by atoms with Gasteiger partial charge in [0.15, 0.2) is 0 Å². The Morgan fingerprint density at radius 2 is 1.95 bits per heavy atom. The van der Waals surface area contributed by atoms with E-state index in [2.05, 4.69) is 6.07 Å². The summed E-state index contributed by atoms with van der Waals surface area (Å²) in [5.74, 6) is -1.03. The zero-order valence-corrected chi connectivity index (χ0v) is 12.1. The van der Waals surface area contributed by atoms with Gasteiger partial charge in [-0.1, -0.05) is 0 Å². The zero-order valence-electron chi connectivity index (χ0n) is 12.1. The molecule has 0 spiro atoms. The Hall–Kier alpha value is -1.81. The fourth-order valence-corrected chi connectivity index (χ4v) is 2.20. The van der Waals surface area contributed by atoms with Gasteiger partial charge in [-0.3, -0.25) is 9.69 Å². The molecule has 20 heavy (non-hydrogen) atoms. The van der Waals surface area contributed by atoms with E-state index >= 15 is 0 Å². The standard InChI is InChI=1S/C13H22N4O3/c1-3-16(9-11(2)8-14)13(20)17-6-4-15(5-7-17)10-12(18)19/h11H,3-7,9-10H2,1-2H3,(H,18,19). The summed E-state index contributed by atoms with van der Waals surface area (Å²) in [5, 5.41) is 17.6. The SMILES string of the molecule is CCN(CC(C)C#N)C(=O)N1CCN(CC(=O)O)CC1. The van der Waals surface area contributed by atoms with Gasteiger partial charge in [-0.2, -0.15) is 5.26 Å². The summed E-state index contributed by atoms with van der Waals surface area (Å²) in [6.45, 7) is 6.91. The van der Waals surface area contributed by atoms with Crippen molar-refractivity contribution in [2.75, 3.05) is 45.8 Å². The van der Waals surface area contributed by atoms with E-state index in [0.29, 0.717) is 39.3 Å². The molecule has 0 bridgehead atoms. The molecule has 2 amide bonds. The van der Waals surface area contributed by atoms with Crippen molar-refractivity contribution in [3.63, 3.8) is 0 Å². The number of carbonyl (C=O) groups excluding carboxylic acids is 1. The fraction of sp³-hybridized carbons (Fsp3) is 0.769. The first-order chi connectivity index (χ1) is 9.47. The van der Waals surface area contributed by atoms with Crippen LogP contribution < -0.4 is 0 Å². The van der Waals surface area contributed by atoms with Crippen LogP contribution in [0.4, 0.5) is 4.79 Å². The molecule has 1 saturated heterocycles. The summed E-state index contributed by atoms with van der Waals surface area (Å²) in [6, 6.07) is 2.07. The van der Waals surface area contributed by atoms with Crippen LogP contribution in [-0.2, 0) is 4.79 Å². The molecule has 112 valence electrons. The van der Waals surface area contributed by atoms with Gasteiger partial charge in [-0.05, 0) is 13.8 Å². The van der Waals surface area contributed by atoms with Gasteiger partial charge >= 0.3 is 12.0 Å². The van der Waals surface area contributed by atoms with E-state index in [9.17, 15) is 9.59 Å². The molecular formula is C13H22N4O3. The van der Waals surface area contributed by atoms with Crippen molar-refractivity contribution >= 4 is 12.0 Å². The van der Waals surface area contributed by atoms with Gasteiger partial charge in [-0.25, -0.2) is 4.79 Å². The van der Waals surface area contributed by atoms with E-state index in [1.807, 2.05) is 11.8 Å². The molecule has 0 aliphatic carbocycles. The summed E-state index contributed by atoms with van der Waals surface area (Å²) in [5.41, 5.74) is 0. The number of nitrogens with zero attached hydrogens (tertiary/aromatic N) is 4. The molecule has 0 saturated carbocycles. The third kappa shape index (κ3) is 4.70. The third-order valence-electron chi connectivity index (χ3n) is 3.37. The quantitative estimate of drug-likeness (QED) is 0.783. The van der Waals surface area contributed by atoms with Crippen LogP contribution in [0.1, 0.15) is 13.8 Å². The monoisotopic (exact) mass is 282 g/mol. The van der Waals surface area contributed by atoms with E-state index in [0.717, 1.165) is 0 Å². The molecule has 7 heteroatoms. The lowest BCUT2D eigenvalue weighted by Crippen LogP contribution is -2.54. The largest absolute Gasteiger partial charge is 0.480 e. The summed E-state index contributed by atoms with van der Waals surface area (Å²) >= 11 is 0. The number of nitriles is 1. The van der Waals surface area contributed by atoms with Gasteiger partial charge in [0.05, 0.1) is 18.5 Å². The van der Waals surface area contributed by atoms with Crippen molar-refractivity contribution in [1.82, 2.24) is 14.7 Å². The number of hydrogen-bond donors (Lipinski definition) is 1. The average molecular weight is 282 g/mol. The number of carbonyl (C=O) groups is 2. The summed E-state index contributed by atoms with van der Waals surface area (Å²) < 4.78 is 0. The highest BCUT2D eigenvalue weighted by Crippen LogP contribution is 2.08. The van der Waals surface area contributed by atoms with Crippen molar-refractivity contribution < 1.29 is 14.7 Å². The van der Waals surface area contributed by atoms with E-state index < -0.39 is 5.97 Å². The van der Waals surface area contributed by atoms with Crippen LogP contribution in [0.15, 0.2) is 0 Å². The molecule has 1 aliphatic rings. The molecule has 0 aromatic carbocycles. The predicted octanol–water partition coefficient (Wildman–Crippen LogP) is 0.290. The lowest BCUT2D eigenvalue weighted by atomic mass is 10.2. The minimum absolute atomic E-state index is 0.0188. The van der Waals surface area contributed by atoms with Gasteiger partial charge in [0.2, 0.25) is 0 Å². The number of carboxylic acids is 1. The normalized spacial score (nSPS) is 17.4. The highest BCUT2D eigenvalue weighted by molar-refractivity contribution is 5.74. The minimum atomic E-state index is -0.845. The molecule has 1 atom stereocenters. The molecule has 1 aliphatic heterocycles. The molecule has 1 N–H and O–H groups in total. The van der Waals surface area contributed by atoms with Crippen molar-refractivity contribution in [3.8, 4) is 6.07 Å². The summed E-state index contributed by atoms with van der Waals surface area (Å²) in [4.78, 5) is 28.2. The van der Waals surface area contributed by atoms with E-state index in [4.69, 9.17) is 10.4 Å². The van der Waals surface area contributed by atoms with Crippen LogP contribution >= 0.6 is 0 Å². The maximum atomic E-state index is 12.3. The van der Waals surface area contributed by atoms with E-state index in [1.54, 1.807) is 16.7 Å². The van der Waals surface area contributed by atoms with Gasteiger partial charge in [0, 0.05) is 39.3 Å². The third-order valence-corrected chi connectivity index (χ3v) is 3.37. The Bertz CT molecular complexity index is 386. The lowest BCUT2D eigenvalue weighted by molar-refractivity contribution is -0.138. The number of hydrogen-bond acceptors (Lipinski definition) is 4. The molecule has 0 aromatic rings. The Kier molecular flexibility index (Phi) is 6.25. The van der Waals surface area contributed by atoms with Crippen molar-refractivity contribution in [2.45, 2.75) is 13.8 Å². The van der Waals surface area contributed by atoms with Gasteiger partial charge in [0.1, 0.15) is 0 Å².